The van der Waals surface area contributed by atoms with E-state index in [4.69, 9.17) is 17.3 Å². The van der Waals surface area contributed by atoms with E-state index in [0.717, 1.165) is 22.8 Å². The van der Waals surface area contributed by atoms with Crippen LogP contribution in [-0.2, 0) is 13.5 Å². The predicted molar refractivity (Wildman–Crippen MR) is 86.6 cm³/mol. The smallest absolute Gasteiger partial charge is 0.0847 e. The summed E-state index contributed by atoms with van der Waals surface area (Å²) in [5.41, 5.74) is 8.92. The number of aromatic nitrogens is 2. The number of halogens is 1. The topological polar surface area (TPSA) is 47.1 Å². The highest BCUT2D eigenvalue weighted by molar-refractivity contribution is 6.31. The highest BCUT2D eigenvalue weighted by atomic mass is 35.5. The highest BCUT2D eigenvalue weighted by Gasteiger charge is 2.45. The van der Waals surface area contributed by atoms with Gasteiger partial charge in [0.2, 0.25) is 0 Å². The van der Waals surface area contributed by atoms with Crippen molar-refractivity contribution in [2.24, 2.45) is 12.8 Å². The van der Waals surface area contributed by atoms with Crippen LogP contribution in [0.15, 0.2) is 0 Å². The summed E-state index contributed by atoms with van der Waals surface area (Å²) in [5, 5.41) is 5.22. The first kappa shape index (κ1) is 15.3. The summed E-state index contributed by atoms with van der Waals surface area (Å²) in [6.07, 6.45) is 8.56. The third kappa shape index (κ3) is 2.62. The minimum absolute atomic E-state index is 0.144. The lowest BCUT2D eigenvalue weighted by Gasteiger charge is -2.43. The van der Waals surface area contributed by atoms with Gasteiger partial charge < -0.3 is 5.73 Å². The van der Waals surface area contributed by atoms with E-state index in [1.54, 1.807) is 0 Å². The number of nitrogens with zero attached hydrogens (tertiary/aromatic N) is 3. The van der Waals surface area contributed by atoms with E-state index in [1.807, 2.05) is 18.7 Å². The second-order valence-electron chi connectivity index (χ2n) is 6.79. The van der Waals surface area contributed by atoms with E-state index < -0.39 is 0 Å². The zero-order valence-corrected chi connectivity index (χ0v) is 14.0. The lowest BCUT2D eigenvalue weighted by atomic mass is 9.84. The number of hydrogen-bond acceptors (Lipinski definition) is 3. The van der Waals surface area contributed by atoms with Crippen molar-refractivity contribution < 1.29 is 0 Å². The first-order chi connectivity index (χ1) is 10.0. The van der Waals surface area contributed by atoms with Crippen molar-refractivity contribution >= 4 is 11.6 Å². The molecule has 4 nitrogen and oxygen atoms in total. The molecule has 2 fully saturated rings. The molecule has 118 valence electrons. The molecule has 0 amide bonds. The molecular formula is C16H27ClN4. The molecule has 0 bridgehead atoms. The van der Waals surface area contributed by atoms with Crippen molar-refractivity contribution in [3.63, 3.8) is 0 Å². The third-order valence-electron chi connectivity index (χ3n) is 5.57. The van der Waals surface area contributed by atoms with Crippen LogP contribution in [0.2, 0.25) is 5.02 Å². The van der Waals surface area contributed by atoms with E-state index in [2.05, 4.69) is 10.00 Å². The van der Waals surface area contributed by atoms with Crippen LogP contribution < -0.4 is 5.73 Å². The summed E-state index contributed by atoms with van der Waals surface area (Å²) >= 11 is 6.42. The number of aryl methyl sites for hydroxylation is 2. The fraction of sp³-hybridized carbons (Fsp3) is 0.812. The number of rotatable bonds is 4. The summed E-state index contributed by atoms with van der Waals surface area (Å²) < 4.78 is 1.91. The Kier molecular flexibility index (Phi) is 4.30. The average molecular weight is 311 g/mol. The SMILES string of the molecule is Cc1nn(C)c(CC(N)C2(N3CCCC3)CCCC2)c1Cl. The van der Waals surface area contributed by atoms with Crippen LogP contribution in [0, 0.1) is 6.92 Å². The molecule has 0 spiro atoms. The Balaban J connectivity index is 1.83. The lowest BCUT2D eigenvalue weighted by Crippen LogP contribution is -2.58. The fourth-order valence-corrected chi connectivity index (χ4v) is 4.61. The van der Waals surface area contributed by atoms with Crippen LogP contribution in [0.5, 0.6) is 0 Å². The summed E-state index contributed by atoms with van der Waals surface area (Å²) in [5.74, 6) is 0. The van der Waals surface area contributed by atoms with Gasteiger partial charge in [0.15, 0.2) is 0 Å². The van der Waals surface area contributed by atoms with Gasteiger partial charge in [-0.05, 0) is 45.7 Å². The molecule has 1 saturated heterocycles. The van der Waals surface area contributed by atoms with Crippen molar-refractivity contribution in [1.82, 2.24) is 14.7 Å². The second kappa shape index (κ2) is 5.90. The van der Waals surface area contributed by atoms with Crippen molar-refractivity contribution in [3.8, 4) is 0 Å². The molecule has 1 aliphatic carbocycles. The largest absolute Gasteiger partial charge is 0.326 e. The molecule has 1 aliphatic heterocycles. The van der Waals surface area contributed by atoms with Crippen molar-refractivity contribution in [2.45, 2.75) is 63.5 Å². The normalized spacial score (nSPS) is 23.8. The summed E-state index contributed by atoms with van der Waals surface area (Å²) in [6, 6.07) is 0.144. The van der Waals surface area contributed by atoms with Gasteiger partial charge in [-0.2, -0.15) is 5.10 Å². The zero-order valence-electron chi connectivity index (χ0n) is 13.2. The van der Waals surface area contributed by atoms with Gasteiger partial charge in [-0.3, -0.25) is 9.58 Å². The first-order valence-corrected chi connectivity index (χ1v) is 8.61. The third-order valence-corrected chi connectivity index (χ3v) is 6.06. The molecule has 1 aromatic heterocycles. The molecule has 1 atom stereocenters. The molecule has 5 heteroatoms. The van der Waals surface area contributed by atoms with Gasteiger partial charge in [0.25, 0.3) is 0 Å². The Bertz CT molecular complexity index is 499. The van der Waals surface area contributed by atoms with Gasteiger partial charge in [0.1, 0.15) is 0 Å². The molecule has 2 aliphatic rings. The Hall–Kier alpha value is -0.580. The van der Waals surface area contributed by atoms with Gasteiger partial charge >= 0.3 is 0 Å². The highest BCUT2D eigenvalue weighted by Crippen LogP contribution is 2.40. The lowest BCUT2D eigenvalue weighted by molar-refractivity contribution is 0.0914. The summed E-state index contributed by atoms with van der Waals surface area (Å²) in [4.78, 5) is 2.67. The molecule has 1 unspecified atom stereocenters. The standard InChI is InChI=1S/C16H27ClN4/c1-12-15(17)13(20(2)19-12)11-14(18)16(7-3-4-8-16)21-9-5-6-10-21/h14H,3-11,18H2,1-2H3. The average Bonchev–Trinajstić information content (AvgIpc) is 3.16. The fourth-order valence-electron chi connectivity index (χ4n) is 4.37. The first-order valence-electron chi connectivity index (χ1n) is 8.23. The van der Waals surface area contributed by atoms with Crippen LogP contribution in [-0.4, -0.2) is 39.4 Å². The summed E-state index contributed by atoms with van der Waals surface area (Å²) in [7, 11) is 1.97. The molecule has 2 N–H and O–H groups in total. The quantitative estimate of drug-likeness (QED) is 0.930. The van der Waals surface area contributed by atoms with Crippen molar-refractivity contribution in [1.29, 1.82) is 0 Å². The van der Waals surface area contributed by atoms with Gasteiger partial charge in [0.05, 0.1) is 16.4 Å². The summed E-state index contributed by atoms with van der Waals surface area (Å²) in [6.45, 7) is 4.39. The minimum Gasteiger partial charge on any atom is -0.326 e. The maximum absolute atomic E-state index is 6.73. The Labute approximate surface area is 132 Å². The van der Waals surface area contributed by atoms with E-state index in [1.165, 1.54) is 51.6 Å². The minimum atomic E-state index is 0.144. The maximum atomic E-state index is 6.73. The van der Waals surface area contributed by atoms with E-state index in [0.29, 0.717) is 0 Å². The van der Waals surface area contributed by atoms with Gasteiger partial charge in [-0.25, -0.2) is 0 Å². The van der Waals surface area contributed by atoms with Gasteiger partial charge in [-0.15, -0.1) is 0 Å². The Morgan fingerprint density at radius 2 is 1.86 bits per heavy atom. The second-order valence-corrected chi connectivity index (χ2v) is 7.16. The van der Waals surface area contributed by atoms with Crippen LogP contribution in [0.4, 0.5) is 0 Å². The Morgan fingerprint density at radius 3 is 2.38 bits per heavy atom. The van der Waals surface area contributed by atoms with E-state index in [-0.39, 0.29) is 11.6 Å². The number of hydrogen-bond donors (Lipinski definition) is 1. The van der Waals surface area contributed by atoms with Crippen LogP contribution in [0.3, 0.4) is 0 Å². The molecule has 0 aromatic carbocycles. The van der Waals surface area contributed by atoms with Crippen LogP contribution in [0.25, 0.3) is 0 Å². The van der Waals surface area contributed by atoms with Crippen molar-refractivity contribution in [2.75, 3.05) is 13.1 Å². The monoisotopic (exact) mass is 310 g/mol. The number of nitrogens with two attached hydrogens (primary N) is 1. The molecular weight excluding hydrogens is 284 g/mol. The molecule has 0 radical (unpaired) electrons. The van der Waals surface area contributed by atoms with Crippen LogP contribution in [0.1, 0.15) is 49.9 Å². The molecule has 2 heterocycles. The predicted octanol–water partition coefficient (Wildman–Crippen LogP) is 2.66. The molecule has 1 saturated carbocycles. The van der Waals surface area contributed by atoms with Gasteiger partial charge in [0, 0.05) is 25.0 Å². The maximum Gasteiger partial charge on any atom is 0.0847 e. The molecule has 1 aromatic rings. The molecule has 3 rings (SSSR count). The zero-order chi connectivity index (χ0) is 15.0. The van der Waals surface area contributed by atoms with Crippen molar-refractivity contribution in [3.05, 3.63) is 16.4 Å². The van der Waals surface area contributed by atoms with Gasteiger partial charge in [-0.1, -0.05) is 24.4 Å². The Morgan fingerprint density at radius 1 is 1.24 bits per heavy atom. The van der Waals surface area contributed by atoms with E-state index in [9.17, 15) is 0 Å². The van der Waals surface area contributed by atoms with Crippen LogP contribution >= 0.6 is 11.6 Å². The molecule has 21 heavy (non-hydrogen) atoms. The number of likely N-dealkylation sites (tertiary alicyclic amines) is 1. The van der Waals surface area contributed by atoms with E-state index >= 15 is 0 Å².